The normalized spacial score (nSPS) is 28.3. The van der Waals surface area contributed by atoms with Gasteiger partial charge in [0.25, 0.3) is 0 Å². The average Bonchev–Trinajstić information content (AvgIpc) is 3.47. The summed E-state index contributed by atoms with van der Waals surface area (Å²) in [5.74, 6) is -1.88. The lowest BCUT2D eigenvalue weighted by molar-refractivity contribution is -0.148. The molecule has 0 aromatic heterocycles. The molecule has 0 radical (unpaired) electrons. The van der Waals surface area contributed by atoms with Crippen molar-refractivity contribution < 1.29 is 33.1 Å². The standard InChI is InChI=1S/C33H45FN6O6/c34-27-18-28-33(45)38-7-6-25(16-29(41)37-12-14-46-15-13-37)26(20-38)17-30(42)39(23-32(44)40(28)21-27)22-31(43)36-10-8-35(9-11-36)19-24-4-2-1-3-5-24/h1-5,25-28H,6-23H2/t25-,26-,27-,28-/m0/s1. The van der Waals surface area contributed by atoms with Crippen LogP contribution in [0.1, 0.15) is 31.2 Å². The number of hydrogen-bond donors (Lipinski definition) is 0. The number of halogens is 1. The molecule has 0 spiro atoms. The van der Waals surface area contributed by atoms with Crippen molar-refractivity contribution in [3.8, 4) is 0 Å². The van der Waals surface area contributed by atoms with Crippen LogP contribution in [-0.2, 0) is 35.3 Å². The Morgan fingerprint density at radius 1 is 0.848 bits per heavy atom. The Morgan fingerprint density at radius 3 is 2.30 bits per heavy atom. The Bertz CT molecular complexity index is 1290. The van der Waals surface area contributed by atoms with E-state index >= 15 is 0 Å². The number of carbonyl (C=O) groups excluding carboxylic acids is 5. The molecule has 46 heavy (non-hydrogen) atoms. The van der Waals surface area contributed by atoms with E-state index in [0.717, 1.165) is 6.54 Å². The van der Waals surface area contributed by atoms with E-state index in [2.05, 4.69) is 17.0 Å². The molecule has 5 fully saturated rings. The van der Waals surface area contributed by atoms with Crippen molar-refractivity contribution in [2.45, 2.75) is 44.4 Å². The van der Waals surface area contributed by atoms with Crippen LogP contribution in [0.2, 0.25) is 0 Å². The summed E-state index contributed by atoms with van der Waals surface area (Å²) in [6.07, 6.45) is -0.602. The molecule has 0 unspecified atom stereocenters. The Labute approximate surface area is 269 Å². The molecule has 5 aliphatic heterocycles. The lowest BCUT2D eigenvalue weighted by Gasteiger charge is -2.40. The van der Waals surface area contributed by atoms with Crippen LogP contribution in [0.3, 0.4) is 0 Å². The topological polar surface area (TPSA) is 114 Å². The summed E-state index contributed by atoms with van der Waals surface area (Å²) in [6.45, 7) is 5.03. The third-order valence-corrected chi connectivity index (χ3v) is 10.3. The SMILES string of the molecule is O=C(C[C@@H]1CCN2C[C@@H]1CC(=O)N(CC(=O)N1CCN(Cc3ccccc3)CC1)CC(=O)N1C[C@@H](F)C[C@H]1C2=O)N1CCOCC1. The monoisotopic (exact) mass is 640 g/mol. The molecular formula is C33H45FN6O6. The van der Waals surface area contributed by atoms with Crippen LogP contribution >= 0.6 is 0 Å². The van der Waals surface area contributed by atoms with E-state index in [-0.39, 0.29) is 80.9 Å². The van der Waals surface area contributed by atoms with Gasteiger partial charge in [-0.25, -0.2) is 4.39 Å². The molecule has 5 aliphatic rings. The Hall–Kier alpha value is -3.58. The fourth-order valence-electron chi connectivity index (χ4n) is 7.55. The molecule has 5 heterocycles. The van der Waals surface area contributed by atoms with E-state index in [1.54, 1.807) is 14.7 Å². The number of amides is 5. The predicted molar refractivity (Wildman–Crippen MR) is 165 cm³/mol. The van der Waals surface area contributed by atoms with Gasteiger partial charge in [-0.05, 0) is 23.8 Å². The number of rotatable bonds is 6. The summed E-state index contributed by atoms with van der Waals surface area (Å²) >= 11 is 0. The fourth-order valence-corrected chi connectivity index (χ4v) is 7.55. The number of fused-ring (bicyclic) bond motifs is 3. The molecule has 0 aliphatic carbocycles. The number of morpholine rings is 1. The average molecular weight is 641 g/mol. The zero-order chi connectivity index (χ0) is 32.2. The second-order valence-electron chi connectivity index (χ2n) is 13.3. The first-order valence-electron chi connectivity index (χ1n) is 16.6. The van der Waals surface area contributed by atoms with Gasteiger partial charge in [-0.15, -0.1) is 0 Å². The highest BCUT2D eigenvalue weighted by Gasteiger charge is 2.45. The largest absolute Gasteiger partial charge is 0.378 e. The van der Waals surface area contributed by atoms with E-state index in [9.17, 15) is 28.4 Å². The van der Waals surface area contributed by atoms with E-state index in [1.165, 1.54) is 15.4 Å². The first-order valence-corrected chi connectivity index (χ1v) is 16.6. The van der Waals surface area contributed by atoms with E-state index in [0.29, 0.717) is 65.4 Å². The molecule has 1 aromatic rings. The van der Waals surface area contributed by atoms with Crippen LogP contribution in [0.25, 0.3) is 0 Å². The number of benzene rings is 1. The van der Waals surface area contributed by atoms with Crippen LogP contribution in [-0.4, -0.2) is 156 Å². The summed E-state index contributed by atoms with van der Waals surface area (Å²) in [7, 11) is 0. The first-order chi connectivity index (χ1) is 22.2. The maximum absolute atomic E-state index is 14.7. The van der Waals surface area contributed by atoms with Gasteiger partial charge >= 0.3 is 0 Å². The molecule has 250 valence electrons. The zero-order valence-electron chi connectivity index (χ0n) is 26.4. The molecule has 0 N–H and O–H groups in total. The minimum Gasteiger partial charge on any atom is -0.378 e. The summed E-state index contributed by atoms with van der Waals surface area (Å²) in [5, 5.41) is 0. The Balaban J connectivity index is 1.15. The van der Waals surface area contributed by atoms with Crippen molar-refractivity contribution in [3.05, 3.63) is 35.9 Å². The third-order valence-electron chi connectivity index (χ3n) is 10.3. The van der Waals surface area contributed by atoms with Gasteiger partial charge in [0.05, 0.1) is 19.8 Å². The third kappa shape index (κ3) is 7.52. The van der Waals surface area contributed by atoms with Crippen molar-refractivity contribution in [2.24, 2.45) is 11.8 Å². The van der Waals surface area contributed by atoms with Crippen LogP contribution in [0.5, 0.6) is 0 Å². The molecule has 1 aromatic carbocycles. The zero-order valence-corrected chi connectivity index (χ0v) is 26.4. The maximum atomic E-state index is 14.7. The predicted octanol–water partition coefficient (Wildman–Crippen LogP) is 0.216. The number of nitrogens with zero attached hydrogens (tertiary/aromatic N) is 6. The van der Waals surface area contributed by atoms with Gasteiger partial charge in [-0.1, -0.05) is 30.3 Å². The van der Waals surface area contributed by atoms with Crippen molar-refractivity contribution >= 4 is 29.5 Å². The smallest absolute Gasteiger partial charge is 0.245 e. The first kappa shape index (κ1) is 32.4. The highest BCUT2D eigenvalue weighted by Crippen LogP contribution is 2.33. The molecule has 6 rings (SSSR count). The molecule has 12 nitrogen and oxygen atoms in total. The second kappa shape index (κ2) is 14.5. The van der Waals surface area contributed by atoms with Gasteiger partial charge in [0.1, 0.15) is 25.3 Å². The number of hydrogen-bond acceptors (Lipinski definition) is 7. The van der Waals surface area contributed by atoms with Gasteiger partial charge < -0.3 is 29.2 Å². The van der Waals surface area contributed by atoms with Crippen molar-refractivity contribution in [2.75, 3.05) is 85.2 Å². The van der Waals surface area contributed by atoms with Crippen LogP contribution in [0.15, 0.2) is 30.3 Å². The summed E-state index contributed by atoms with van der Waals surface area (Å²) < 4.78 is 20.0. The van der Waals surface area contributed by atoms with Crippen molar-refractivity contribution in [1.29, 1.82) is 0 Å². The number of carbonyl (C=O) groups is 5. The van der Waals surface area contributed by atoms with Gasteiger partial charge in [0.2, 0.25) is 29.5 Å². The van der Waals surface area contributed by atoms with Crippen molar-refractivity contribution in [1.82, 2.24) is 29.4 Å². The van der Waals surface area contributed by atoms with Crippen LogP contribution in [0, 0.1) is 11.8 Å². The van der Waals surface area contributed by atoms with Gasteiger partial charge in [-0.3, -0.25) is 28.9 Å². The van der Waals surface area contributed by atoms with Gasteiger partial charge in [0.15, 0.2) is 0 Å². The van der Waals surface area contributed by atoms with Crippen molar-refractivity contribution in [3.63, 3.8) is 0 Å². The quantitative estimate of drug-likeness (QED) is 0.437. The lowest BCUT2D eigenvalue weighted by Crippen LogP contribution is -2.53. The molecular weight excluding hydrogens is 595 g/mol. The van der Waals surface area contributed by atoms with Gasteiger partial charge in [-0.2, -0.15) is 0 Å². The van der Waals surface area contributed by atoms with E-state index in [1.807, 2.05) is 18.2 Å². The Kier molecular flexibility index (Phi) is 10.2. The number of alkyl halides is 1. The van der Waals surface area contributed by atoms with E-state index < -0.39 is 18.1 Å². The summed E-state index contributed by atoms with van der Waals surface area (Å²) in [6, 6.07) is 9.21. The highest BCUT2D eigenvalue weighted by atomic mass is 19.1. The molecule has 5 saturated heterocycles. The molecule has 0 saturated carbocycles. The summed E-state index contributed by atoms with van der Waals surface area (Å²) in [5.41, 5.74) is 1.20. The maximum Gasteiger partial charge on any atom is 0.245 e. The summed E-state index contributed by atoms with van der Waals surface area (Å²) in [4.78, 5) is 77.8. The van der Waals surface area contributed by atoms with Gasteiger partial charge in [0, 0.05) is 78.2 Å². The number of piperidine rings is 1. The van der Waals surface area contributed by atoms with E-state index in [4.69, 9.17) is 4.74 Å². The number of piperazine rings is 1. The van der Waals surface area contributed by atoms with Crippen LogP contribution in [0.4, 0.5) is 4.39 Å². The minimum absolute atomic E-state index is 0.00528. The minimum atomic E-state index is -1.33. The lowest BCUT2D eigenvalue weighted by atomic mass is 9.80. The fraction of sp³-hybridized carbons (Fsp3) is 0.667. The highest BCUT2D eigenvalue weighted by molar-refractivity contribution is 5.93. The molecule has 4 atom stereocenters. The van der Waals surface area contributed by atoms with Crippen LogP contribution < -0.4 is 0 Å². The number of ether oxygens (including phenoxy) is 1. The molecule has 5 amide bonds. The molecule has 13 heteroatoms. The Morgan fingerprint density at radius 2 is 1.57 bits per heavy atom. The molecule has 2 bridgehead atoms. The second-order valence-corrected chi connectivity index (χ2v) is 13.3.